The van der Waals surface area contributed by atoms with Gasteiger partial charge in [0.1, 0.15) is 6.04 Å². The van der Waals surface area contributed by atoms with Crippen molar-refractivity contribution in [1.82, 2.24) is 9.88 Å². The summed E-state index contributed by atoms with van der Waals surface area (Å²) >= 11 is 0. The van der Waals surface area contributed by atoms with Gasteiger partial charge in [-0.25, -0.2) is 4.79 Å². The second kappa shape index (κ2) is 11.5. The molecule has 0 aliphatic rings. The number of hydrogen-bond acceptors (Lipinski definition) is 5. The van der Waals surface area contributed by atoms with Crippen LogP contribution in [0.2, 0.25) is 0 Å². The Kier molecular flexibility index (Phi) is 9.00. The molecule has 0 radical (unpaired) electrons. The van der Waals surface area contributed by atoms with Crippen LogP contribution in [-0.4, -0.2) is 48.6 Å². The SMILES string of the molecule is COCCn1c(C)cc(C(=O)COC(=O)[C@@H](NC(=O)Cc2ccccc2)C(C)C)c1C. The molecular weight excluding hydrogens is 396 g/mol. The highest BCUT2D eigenvalue weighted by Crippen LogP contribution is 2.16. The molecule has 1 amide bonds. The molecule has 168 valence electrons. The first-order valence-electron chi connectivity index (χ1n) is 10.4. The first kappa shape index (κ1) is 24.3. The van der Waals surface area contributed by atoms with Gasteiger partial charge < -0.3 is 19.4 Å². The number of aromatic nitrogens is 1. The summed E-state index contributed by atoms with van der Waals surface area (Å²) in [7, 11) is 1.63. The maximum atomic E-state index is 12.7. The normalized spacial score (nSPS) is 11.9. The van der Waals surface area contributed by atoms with E-state index in [1.807, 2.05) is 62.6 Å². The second-order valence-corrected chi connectivity index (χ2v) is 7.91. The minimum atomic E-state index is -0.821. The number of Topliss-reactive ketones (excluding diaryl/α,β-unsaturated/α-hetero) is 1. The molecule has 0 saturated carbocycles. The van der Waals surface area contributed by atoms with E-state index in [0.717, 1.165) is 17.0 Å². The molecule has 7 nitrogen and oxygen atoms in total. The second-order valence-electron chi connectivity index (χ2n) is 7.91. The molecule has 1 aromatic heterocycles. The van der Waals surface area contributed by atoms with Crippen LogP contribution in [0.4, 0.5) is 0 Å². The van der Waals surface area contributed by atoms with E-state index >= 15 is 0 Å². The largest absolute Gasteiger partial charge is 0.456 e. The maximum absolute atomic E-state index is 12.7. The van der Waals surface area contributed by atoms with Gasteiger partial charge in [0.25, 0.3) is 0 Å². The summed E-state index contributed by atoms with van der Waals surface area (Å²) < 4.78 is 12.4. The highest BCUT2D eigenvalue weighted by Gasteiger charge is 2.27. The number of benzene rings is 1. The predicted molar refractivity (Wildman–Crippen MR) is 118 cm³/mol. The Bertz CT molecular complexity index is 902. The zero-order valence-electron chi connectivity index (χ0n) is 18.9. The molecule has 0 aliphatic heterocycles. The van der Waals surface area contributed by atoms with Crippen LogP contribution in [0.3, 0.4) is 0 Å². The number of rotatable bonds is 11. The number of amides is 1. The molecule has 2 rings (SSSR count). The van der Waals surface area contributed by atoms with Crippen LogP contribution < -0.4 is 5.32 Å². The molecule has 2 aromatic rings. The number of aryl methyl sites for hydroxylation is 1. The molecule has 1 N–H and O–H groups in total. The summed E-state index contributed by atoms with van der Waals surface area (Å²) in [6.07, 6.45) is 0.170. The molecule has 1 atom stereocenters. The number of methoxy groups -OCH3 is 1. The minimum Gasteiger partial charge on any atom is -0.456 e. The molecule has 0 fully saturated rings. The molecule has 0 aliphatic carbocycles. The van der Waals surface area contributed by atoms with Gasteiger partial charge in [0.05, 0.1) is 13.0 Å². The van der Waals surface area contributed by atoms with Gasteiger partial charge in [-0.05, 0) is 31.4 Å². The van der Waals surface area contributed by atoms with E-state index < -0.39 is 12.0 Å². The van der Waals surface area contributed by atoms with Gasteiger partial charge in [-0.3, -0.25) is 9.59 Å². The van der Waals surface area contributed by atoms with Crippen molar-refractivity contribution in [3.05, 3.63) is 58.9 Å². The van der Waals surface area contributed by atoms with Crippen molar-refractivity contribution in [2.45, 2.75) is 46.7 Å². The van der Waals surface area contributed by atoms with Crippen LogP contribution in [0.1, 0.15) is 41.2 Å². The predicted octanol–water partition coefficient (Wildman–Crippen LogP) is 2.86. The lowest BCUT2D eigenvalue weighted by Crippen LogP contribution is -2.46. The van der Waals surface area contributed by atoms with Crippen molar-refractivity contribution >= 4 is 17.7 Å². The lowest BCUT2D eigenvalue weighted by atomic mass is 10.0. The highest BCUT2D eigenvalue weighted by atomic mass is 16.5. The Hall–Kier alpha value is -2.93. The number of nitrogens with zero attached hydrogens (tertiary/aromatic N) is 1. The lowest BCUT2D eigenvalue weighted by molar-refractivity contribution is -0.148. The Labute approximate surface area is 183 Å². The zero-order chi connectivity index (χ0) is 23.0. The quantitative estimate of drug-likeness (QED) is 0.439. The number of hydrogen-bond donors (Lipinski definition) is 1. The van der Waals surface area contributed by atoms with E-state index in [0.29, 0.717) is 18.7 Å². The van der Waals surface area contributed by atoms with Crippen LogP contribution in [-0.2, 0) is 32.0 Å². The van der Waals surface area contributed by atoms with Crippen molar-refractivity contribution in [2.75, 3.05) is 20.3 Å². The number of carbonyl (C=O) groups excluding carboxylic acids is 3. The lowest BCUT2D eigenvalue weighted by Gasteiger charge is -2.20. The summed E-state index contributed by atoms with van der Waals surface area (Å²) in [5, 5.41) is 2.73. The number of esters is 1. The van der Waals surface area contributed by atoms with Gasteiger partial charge in [0, 0.05) is 30.6 Å². The van der Waals surface area contributed by atoms with E-state index in [4.69, 9.17) is 9.47 Å². The standard InChI is InChI=1S/C24H32N2O5/c1-16(2)23(25-22(28)14-19-9-7-6-8-10-19)24(29)31-15-21(27)20-13-17(3)26(18(20)4)11-12-30-5/h6-10,13,16,23H,11-12,14-15H2,1-5H3,(H,25,28)/t23-/m0/s1. The smallest absolute Gasteiger partial charge is 0.329 e. The summed E-state index contributed by atoms with van der Waals surface area (Å²) in [4.78, 5) is 37.6. The first-order chi connectivity index (χ1) is 14.7. The average Bonchev–Trinajstić information content (AvgIpc) is 3.02. The molecular formula is C24H32N2O5. The number of ether oxygens (including phenoxy) is 2. The van der Waals surface area contributed by atoms with Crippen molar-refractivity contribution in [2.24, 2.45) is 5.92 Å². The molecule has 31 heavy (non-hydrogen) atoms. The van der Waals surface area contributed by atoms with Gasteiger partial charge in [-0.2, -0.15) is 0 Å². The Balaban J connectivity index is 1.97. The van der Waals surface area contributed by atoms with Crippen molar-refractivity contribution in [3.63, 3.8) is 0 Å². The van der Waals surface area contributed by atoms with Gasteiger partial charge in [-0.1, -0.05) is 44.2 Å². The number of nitrogens with one attached hydrogen (secondary N) is 1. The molecule has 1 aromatic carbocycles. The fourth-order valence-corrected chi connectivity index (χ4v) is 3.42. The average molecular weight is 429 g/mol. The molecule has 0 saturated heterocycles. The van der Waals surface area contributed by atoms with E-state index in [9.17, 15) is 14.4 Å². The monoisotopic (exact) mass is 428 g/mol. The molecule has 0 bridgehead atoms. The fourth-order valence-electron chi connectivity index (χ4n) is 3.42. The molecule has 0 unspecified atom stereocenters. The van der Waals surface area contributed by atoms with Crippen LogP contribution in [0.15, 0.2) is 36.4 Å². The minimum absolute atomic E-state index is 0.170. The summed E-state index contributed by atoms with van der Waals surface area (Å²) in [5.41, 5.74) is 3.13. The van der Waals surface area contributed by atoms with Crippen molar-refractivity contribution in [3.8, 4) is 0 Å². The Morgan fingerprint density at radius 2 is 1.77 bits per heavy atom. The third-order valence-electron chi connectivity index (χ3n) is 5.18. The summed E-state index contributed by atoms with van der Waals surface area (Å²) in [6.45, 7) is 8.23. The van der Waals surface area contributed by atoms with E-state index in [1.54, 1.807) is 13.2 Å². The van der Waals surface area contributed by atoms with Crippen molar-refractivity contribution < 1.29 is 23.9 Å². The van der Waals surface area contributed by atoms with E-state index in [2.05, 4.69) is 5.32 Å². The Morgan fingerprint density at radius 3 is 2.39 bits per heavy atom. The molecule has 7 heteroatoms. The fraction of sp³-hybridized carbons (Fsp3) is 0.458. The van der Waals surface area contributed by atoms with Gasteiger partial charge >= 0.3 is 5.97 Å². The number of carbonyl (C=O) groups is 3. The van der Waals surface area contributed by atoms with Gasteiger partial charge in [-0.15, -0.1) is 0 Å². The topological polar surface area (TPSA) is 86.6 Å². The Morgan fingerprint density at radius 1 is 1.10 bits per heavy atom. The number of ketones is 1. The molecule has 1 heterocycles. The zero-order valence-corrected chi connectivity index (χ0v) is 18.9. The van der Waals surface area contributed by atoms with Gasteiger partial charge in [0.2, 0.25) is 11.7 Å². The van der Waals surface area contributed by atoms with E-state index in [-0.39, 0.29) is 30.6 Å². The van der Waals surface area contributed by atoms with Gasteiger partial charge in [0.15, 0.2) is 6.61 Å². The maximum Gasteiger partial charge on any atom is 0.329 e. The van der Waals surface area contributed by atoms with E-state index in [1.165, 1.54) is 0 Å². The molecule has 0 spiro atoms. The summed E-state index contributed by atoms with van der Waals surface area (Å²) in [6, 6.07) is 10.3. The third kappa shape index (κ3) is 6.79. The first-order valence-corrected chi connectivity index (χ1v) is 10.4. The highest BCUT2D eigenvalue weighted by molar-refractivity contribution is 5.99. The van der Waals surface area contributed by atoms with Crippen LogP contribution >= 0.6 is 0 Å². The summed E-state index contributed by atoms with van der Waals surface area (Å²) in [5.74, 6) is -1.34. The van der Waals surface area contributed by atoms with Crippen molar-refractivity contribution in [1.29, 1.82) is 0 Å². The van der Waals surface area contributed by atoms with Crippen LogP contribution in [0.25, 0.3) is 0 Å². The van der Waals surface area contributed by atoms with Crippen LogP contribution in [0.5, 0.6) is 0 Å². The van der Waals surface area contributed by atoms with Crippen LogP contribution in [0, 0.1) is 19.8 Å². The third-order valence-corrected chi connectivity index (χ3v) is 5.18.